The first-order chi connectivity index (χ1) is 18.5. The largest absolute Gasteiger partial charge is 0.424 e. The molecular formula is C25H15ClF5N5O3. The van der Waals surface area contributed by atoms with Crippen molar-refractivity contribution in [3.05, 3.63) is 100.0 Å². The van der Waals surface area contributed by atoms with Crippen LogP contribution in [0.5, 0.6) is 11.8 Å². The third kappa shape index (κ3) is 5.39. The van der Waals surface area contributed by atoms with Crippen LogP contribution in [-0.4, -0.2) is 26.3 Å². The number of benzene rings is 2. The van der Waals surface area contributed by atoms with Gasteiger partial charge in [-0.15, -0.1) is 0 Å². The van der Waals surface area contributed by atoms with Crippen molar-refractivity contribution in [3.63, 3.8) is 0 Å². The van der Waals surface area contributed by atoms with Crippen molar-refractivity contribution in [3.8, 4) is 11.8 Å². The number of pyridine rings is 1. The molecular weight excluding hydrogens is 549 g/mol. The fourth-order valence-corrected chi connectivity index (χ4v) is 4.24. The molecule has 0 aliphatic carbocycles. The van der Waals surface area contributed by atoms with Gasteiger partial charge in [0.15, 0.2) is 5.82 Å². The van der Waals surface area contributed by atoms with E-state index in [2.05, 4.69) is 20.6 Å². The number of carbonyl (C=O) groups excluding carboxylic acids is 2. The summed E-state index contributed by atoms with van der Waals surface area (Å²) in [7, 11) is 0. The lowest BCUT2D eigenvalue weighted by atomic mass is 10.0. The average Bonchev–Trinajstić information content (AvgIpc) is 3.21. The highest BCUT2D eigenvalue weighted by molar-refractivity contribution is 6.31. The van der Waals surface area contributed by atoms with E-state index in [1.165, 1.54) is 23.0 Å². The van der Waals surface area contributed by atoms with Crippen LogP contribution in [0.2, 0.25) is 5.02 Å². The van der Waals surface area contributed by atoms with E-state index in [1.807, 2.05) is 0 Å². The van der Waals surface area contributed by atoms with Gasteiger partial charge < -0.3 is 15.4 Å². The van der Waals surface area contributed by atoms with Gasteiger partial charge in [0.25, 0.3) is 5.91 Å². The summed E-state index contributed by atoms with van der Waals surface area (Å²) < 4.78 is 74.8. The molecule has 1 aliphatic rings. The fourth-order valence-electron chi connectivity index (χ4n) is 4.02. The monoisotopic (exact) mass is 563 g/mol. The van der Waals surface area contributed by atoms with E-state index in [0.29, 0.717) is 12.1 Å². The molecule has 1 unspecified atom stereocenters. The molecule has 1 aliphatic heterocycles. The van der Waals surface area contributed by atoms with Crippen molar-refractivity contribution in [2.75, 3.05) is 5.32 Å². The number of rotatable bonds is 5. The molecule has 2 amide bonds. The number of amides is 2. The molecule has 0 bridgehead atoms. The number of hydrogen-bond donors (Lipinski definition) is 2. The van der Waals surface area contributed by atoms with Gasteiger partial charge in [0.05, 0.1) is 23.5 Å². The molecule has 0 radical (unpaired) electrons. The van der Waals surface area contributed by atoms with Crippen molar-refractivity contribution in [1.82, 2.24) is 19.9 Å². The lowest BCUT2D eigenvalue weighted by Crippen LogP contribution is -2.39. The number of ether oxygens (including phenoxy) is 1. The Morgan fingerprint density at radius 2 is 1.92 bits per heavy atom. The summed E-state index contributed by atoms with van der Waals surface area (Å²) in [4.78, 5) is 33.8. The predicted molar refractivity (Wildman–Crippen MR) is 127 cm³/mol. The summed E-state index contributed by atoms with van der Waals surface area (Å²) in [5.41, 5.74) is -1.81. The quantitative estimate of drug-likeness (QED) is 0.313. The van der Waals surface area contributed by atoms with Crippen LogP contribution in [0.4, 0.5) is 27.8 Å². The van der Waals surface area contributed by atoms with Crippen molar-refractivity contribution in [2.45, 2.75) is 18.8 Å². The minimum atomic E-state index is -4.90. The van der Waals surface area contributed by atoms with Gasteiger partial charge in [-0.1, -0.05) is 11.6 Å². The van der Waals surface area contributed by atoms with Crippen molar-refractivity contribution in [2.24, 2.45) is 0 Å². The Balaban J connectivity index is 1.62. The molecule has 0 fully saturated rings. The molecule has 0 spiro atoms. The summed E-state index contributed by atoms with van der Waals surface area (Å²) in [6.45, 7) is -0.338. The fraction of sp³-hybridized carbons (Fsp3) is 0.120. The third-order valence-corrected chi connectivity index (χ3v) is 6.03. The van der Waals surface area contributed by atoms with Crippen molar-refractivity contribution in [1.29, 1.82) is 0 Å². The lowest BCUT2D eigenvalue weighted by Gasteiger charge is -2.27. The molecule has 4 aromatic rings. The van der Waals surface area contributed by atoms with Crippen molar-refractivity contribution < 1.29 is 36.3 Å². The van der Waals surface area contributed by atoms with E-state index in [-0.39, 0.29) is 46.5 Å². The predicted octanol–water partition coefficient (Wildman–Crippen LogP) is 5.49. The Kier molecular flexibility index (Phi) is 6.68. The Hall–Kier alpha value is -4.52. The van der Waals surface area contributed by atoms with E-state index >= 15 is 0 Å². The number of nitrogens with one attached hydrogen (secondary N) is 2. The minimum Gasteiger partial charge on any atom is -0.424 e. The second-order valence-corrected chi connectivity index (χ2v) is 8.76. The van der Waals surface area contributed by atoms with Gasteiger partial charge in [-0.25, -0.2) is 8.78 Å². The summed E-state index contributed by atoms with van der Waals surface area (Å²) in [6.07, 6.45) is -2.06. The highest BCUT2D eigenvalue weighted by atomic mass is 35.5. The second kappa shape index (κ2) is 9.98. The van der Waals surface area contributed by atoms with E-state index in [0.717, 1.165) is 12.1 Å². The van der Waals surface area contributed by atoms with Crippen LogP contribution in [-0.2, 0) is 17.5 Å². The molecule has 0 saturated heterocycles. The van der Waals surface area contributed by atoms with E-state index in [1.54, 1.807) is 12.1 Å². The molecule has 39 heavy (non-hydrogen) atoms. The van der Waals surface area contributed by atoms with Crippen LogP contribution < -0.4 is 15.4 Å². The first kappa shape index (κ1) is 26.1. The molecule has 200 valence electrons. The molecule has 0 saturated carbocycles. The maximum atomic E-state index is 14.1. The summed E-state index contributed by atoms with van der Waals surface area (Å²) >= 11 is 6.29. The molecule has 2 N–H and O–H groups in total. The van der Waals surface area contributed by atoms with Crippen LogP contribution >= 0.6 is 11.6 Å². The second-order valence-electron chi connectivity index (χ2n) is 8.35. The highest BCUT2D eigenvalue weighted by Crippen LogP contribution is 2.39. The van der Waals surface area contributed by atoms with Crippen LogP contribution in [0, 0.1) is 11.6 Å². The number of fused-ring (bicyclic) bond motifs is 1. The zero-order valence-electron chi connectivity index (χ0n) is 19.4. The van der Waals surface area contributed by atoms with Gasteiger partial charge in [-0.3, -0.25) is 19.1 Å². The number of aromatic nitrogens is 3. The number of anilines is 1. The number of nitrogens with zero attached hydrogens (tertiary/aromatic N) is 3. The van der Waals surface area contributed by atoms with Crippen LogP contribution in [0.15, 0.2) is 60.9 Å². The highest BCUT2D eigenvalue weighted by Gasteiger charge is 2.36. The smallest absolute Gasteiger partial charge is 0.416 e. The number of hydrogen-bond acceptors (Lipinski definition) is 5. The van der Waals surface area contributed by atoms with Gasteiger partial charge in [-0.2, -0.15) is 18.2 Å². The zero-order valence-corrected chi connectivity index (χ0v) is 20.1. The maximum Gasteiger partial charge on any atom is 0.416 e. The minimum absolute atomic E-state index is 0.0725. The third-order valence-electron chi connectivity index (χ3n) is 5.68. The average molecular weight is 564 g/mol. The number of carbonyl (C=O) groups is 2. The van der Waals surface area contributed by atoms with E-state index in [4.69, 9.17) is 16.3 Å². The molecule has 2 aromatic carbocycles. The van der Waals surface area contributed by atoms with Crippen molar-refractivity contribution >= 4 is 29.2 Å². The Morgan fingerprint density at radius 3 is 2.64 bits per heavy atom. The summed E-state index contributed by atoms with van der Waals surface area (Å²) in [5, 5.41) is 5.08. The van der Waals surface area contributed by atoms with Gasteiger partial charge in [0.2, 0.25) is 5.91 Å². The van der Waals surface area contributed by atoms with Gasteiger partial charge in [0, 0.05) is 22.3 Å². The molecule has 14 heteroatoms. The molecule has 2 aromatic heterocycles. The number of imidazole rings is 1. The normalized spacial score (nSPS) is 14.9. The van der Waals surface area contributed by atoms with Crippen LogP contribution in [0.25, 0.3) is 0 Å². The van der Waals surface area contributed by atoms with Crippen LogP contribution in [0.3, 0.4) is 0 Å². The van der Waals surface area contributed by atoms with Gasteiger partial charge in [0.1, 0.15) is 23.9 Å². The standard InChI is InChI=1S/C25H15ClF5N5O3/c26-18-4-3-14(27)9-17(18)20-21-22(34-23(38)12-6-13(25(29,30)31)8-15(28)7-12)35-24(36(21)11-19(37)33-20)39-16-2-1-5-32-10-16/h1-10,20H,11H2,(H,33,37)(H,34,38). The lowest BCUT2D eigenvalue weighted by molar-refractivity contribution is -0.137. The SMILES string of the molecule is O=C1Cn2c(Oc3cccnc3)nc(NC(=O)c3cc(F)cc(C(F)(F)F)c3)c2C(c2cc(F)ccc2Cl)N1. The summed E-state index contributed by atoms with van der Waals surface area (Å²) in [5.74, 6) is -3.64. The molecule has 3 heterocycles. The van der Waals surface area contributed by atoms with Gasteiger partial charge in [-0.05, 0) is 48.5 Å². The number of halogens is 6. The zero-order chi connectivity index (χ0) is 27.9. The molecule has 8 nitrogen and oxygen atoms in total. The summed E-state index contributed by atoms with van der Waals surface area (Å²) in [6, 6.07) is 6.60. The Bertz CT molecular complexity index is 1590. The first-order valence-corrected chi connectivity index (χ1v) is 11.5. The first-order valence-electron chi connectivity index (χ1n) is 11.1. The maximum absolute atomic E-state index is 14.1. The van der Waals surface area contributed by atoms with E-state index in [9.17, 15) is 31.5 Å². The molecule has 1 atom stereocenters. The molecule has 5 rings (SSSR count). The van der Waals surface area contributed by atoms with Gasteiger partial charge >= 0.3 is 12.2 Å². The number of alkyl halides is 3. The van der Waals surface area contributed by atoms with Crippen LogP contribution in [0.1, 0.15) is 33.2 Å². The van der Waals surface area contributed by atoms with E-state index < -0.39 is 46.8 Å². The Labute approximate surface area is 221 Å². The Morgan fingerprint density at radius 1 is 1.13 bits per heavy atom. The topological polar surface area (TPSA) is 98.1 Å².